The van der Waals surface area contributed by atoms with E-state index in [1.165, 1.54) is 6.07 Å². The molecule has 0 bridgehead atoms. The first-order valence-electron chi connectivity index (χ1n) is 6.67. The summed E-state index contributed by atoms with van der Waals surface area (Å²) in [5.41, 5.74) is -0.111. The molecule has 7 heteroatoms. The van der Waals surface area contributed by atoms with Gasteiger partial charge in [0, 0.05) is 13.0 Å². The summed E-state index contributed by atoms with van der Waals surface area (Å²) in [5, 5.41) is 0.0809. The summed E-state index contributed by atoms with van der Waals surface area (Å²) in [7, 11) is 0. The van der Waals surface area contributed by atoms with Crippen LogP contribution >= 0.6 is 11.6 Å². The smallest absolute Gasteiger partial charge is 0.299 e. The Morgan fingerprint density at radius 3 is 2.71 bits per heavy atom. The summed E-state index contributed by atoms with van der Waals surface area (Å²) in [5.74, 6) is -2.19. The van der Waals surface area contributed by atoms with Crippen LogP contribution in [-0.4, -0.2) is 37.7 Å². The molecule has 21 heavy (non-hydrogen) atoms. The number of halogens is 2. The Labute approximate surface area is 125 Å². The van der Waals surface area contributed by atoms with Crippen LogP contribution in [0.15, 0.2) is 12.1 Å². The van der Waals surface area contributed by atoms with Gasteiger partial charge in [0.05, 0.1) is 29.5 Å². The van der Waals surface area contributed by atoms with E-state index in [4.69, 9.17) is 21.1 Å². The maximum atomic E-state index is 14.0. The number of fused-ring (bicyclic) bond motifs is 1. The number of benzene rings is 1. The van der Waals surface area contributed by atoms with Gasteiger partial charge in [-0.25, -0.2) is 4.39 Å². The molecule has 0 saturated carbocycles. The first-order chi connectivity index (χ1) is 10.1. The maximum Gasteiger partial charge on any atom is 0.299 e. The zero-order valence-electron chi connectivity index (χ0n) is 11.1. The van der Waals surface area contributed by atoms with Gasteiger partial charge in [0.1, 0.15) is 5.82 Å². The fraction of sp³-hybridized carbons (Fsp3) is 0.429. The van der Waals surface area contributed by atoms with Crippen LogP contribution in [0.4, 0.5) is 10.1 Å². The van der Waals surface area contributed by atoms with Crippen LogP contribution in [0.2, 0.25) is 5.02 Å². The first-order valence-corrected chi connectivity index (χ1v) is 7.05. The molecule has 0 spiro atoms. The number of ketones is 1. The van der Waals surface area contributed by atoms with Gasteiger partial charge in [0.25, 0.3) is 11.7 Å². The summed E-state index contributed by atoms with van der Waals surface area (Å²) < 4.78 is 24.7. The molecule has 0 radical (unpaired) electrons. The minimum absolute atomic E-state index is 0.0479. The van der Waals surface area contributed by atoms with Crippen molar-refractivity contribution >= 4 is 29.0 Å². The molecule has 2 aliphatic heterocycles. The fourth-order valence-electron chi connectivity index (χ4n) is 2.50. The third kappa shape index (κ3) is 2.54. The third-order valence-electron chi connectivity index (χ3n) is 3.50. The van der Waals surface area contributed by atoms with Gasteiger partial charge in [-0.05, 0) is 18.6 Å². The highest BCUT2D eigenvalue weighted by molar-refractivity contribution is 6.55. The predicted molar refractivity (Wildman–Crippen MR) is 73.0 cm³/mol. The molecule has 112 valence electrons. The van der Waals surface area contributed by atoms with E-state index in [0.717, 1.165) is 17.4 Å². The Balaban J connectivity index is 1.82. The lowest BCUT2D eigenvalue weighted by Gasteiger charge is -2.25. The Hall–Kier alpha value is -1.50. The van der Waals surface area contributed by atoms with E-state index in [1.54, 1.807) is 0 Å². The van der Waals surface area contributed by atoms with Crippen LogP contribution in [0.3, 0.4) is 0 Å². The molecule has 0 aromatic heterocycles. The highest BCUT2D eigenvalue weighted by Gasteiger charge is 2.40. The molecular weight excluding hydrogens is 301 g/mol. The van der Waals surface area contributed by atoms with Crippen LogP contribution in [0.25, 0.3) is 0 Å². The van der Waals surface area contributed by atoms with Crippen molar-refractivity contribution in [1.82, 2.24) is 0 Å². The minimum Gasteiger partial charge on any atom is -0.353 e. The lowest BCUT2D eigenvalue weighted by atomic mass is 10.1. The Morgan fingerprint density at radius 2 is 2.00 bits per heavy atom. The molecule has 5 nitrogen and oxygen atoms in total. The zero-order valence-corrected chi connectivity index (χ0v) is 11.9. The molecule has 2 aliphatic rings. The summed E-state index contributed by atoms with van der Waals surface area (Å²) in [4.78, 5) is 25.0. The van der Waals surface area contributed by atoms with Crippen molar-refractivity contribution < 1.29 is 23.5 Å². The van der Waals surface area contributed by atoms with Crippen molar-refractivity contribution in [2.75, 3.05) is 24.7 Å². The normalized spacial score (nSPS) is 19.2. The van der Waals surface area contributed by atoms with Crippen molar-refractivity contribution in [2.45, 2.75) is 19.1 Å². The summed E-state index contributed by atoms with van der Waals surface area (Å²) in [6, 6.07) is 2.42. The van der Waals surface area contributed by atoms with Crippen molar-refractivity contribution in [2.24, 2.45) is 0 Å². The quantitative estimate of drug-likeness (QED) is 0.803. The molecule has 0 atom stereocenters. The standard InChI is InChI=1S/C14H13ClFNO4/c15-8-2-3-9(16)12-11(8)13(18)14(19)17(12)5-4-10-20-6-1-7-21-10/h2-3,10H,1,4-7H2. The molecule has 0 unspecified atom stereocenters. The second-order valence-corrected chi connectivity index (χ2v) is 5.26. The first kappa shape index (κ1) is 14.4. The Bertz CT molecular complexity index is 601. The van der Waals surface area contributed by atoms with E-state index < -0.39 is 23.8 Å². The monoisotopic (exact) mass is 313 g/mol. The number of ether oxygens (including phenoxy) is 2. The van der Waals surface area contributed by atoms with Crippen LogP contribution in [0, 0.1) is 5.82 Å². The highest BCUT2D eigenvalue weighted by Crippen LogP contribution is 2.36. The summed E-state index contributed by atoms with van der Waals surface area (Å²) >= 11 is 5.90. The molecule has 1 aromatic carbocycles. The van der Waals surface area contributed by atoms with Crippen LogP contribution in [0.5, 0.6) is 0 Å². The number of amides is 1. The van der Waals surface area contributed by atoms with Crippen molar-refractivity contribution in [3.63, 3.8) is 0 Å². The number of Topliss-reactive ketones (excluding diaryl/α,β-unsaturated/α-hetero) is 1. The molecule has 1 amide bonds. The number of hydrogen-bond donors (Lipinski definition) is 0. The van der Waals surface area contributed by atoms with Gasteiger partial charge in [-0.15, -0.1) is 0 Å². The minimum atomic E-state index is -0.778. The fourth-order valence-corrected chi connectivity index (χ4v) is 2.74. The van der Waals surface area contributed by atoms with E-state index in [2.05, 4.69) is 0 Å². The molecule has 0 aliphatic carbocycles. The van der Waals surface area contributed by atoms with Gasteiger partial charge in [-0.2, -0.15) is 0 Å². The number of carbonyl (C=O) groups excluding carboxylic acids is 2. The van der Waals surface area contributed by atoms with E-state index in [-0.39, 0.29) is 22.8 Å². The van der Waals surface area contributed by atoms with Crippen molar-refractivity contribution in [1.29, 1.82) is 0 Å². The Morgan fingerprint density at radius 1 is 1.29 bits per heavy atom. The third-order valence-corrected chi connectivity index (χ3v) is 3.81. The highest BCUT2D eigenvalue weighted by atomic mass is 35.5. The van der Waals surface area contributed by atoms with Crippen LogP contribution < -0.4 is 4.90 Å². The SMILES string of the molecule is O=C1C(=O)N(CCC2OCCCO2)c2c(F)ccc(Cl)c21. The molecule has 3 rings (SSSR count). The van der Waals surface area contributed by atoms with Gasteiger partial charge in [-0.3, -0.25) is 9.59 Å². The second kappa shape index (κ2) is 5.71. The summed E-state index contributed by atoms with van der Waals surface area (Å²) in [6.07, 6.45) is 0.753. The topological polar surface area (TPSA) is 55.8 Å². The molecule has 0 N–H and O–H groups in total. The lowest BCUT2D eigenvalue weighted by molar-refractivity contribution is -0.179. The molecule has 1 fully saturated rings. The molecular formula is C14H13ClFNO4. The number of anilines is 1. The van der Waals surface area contributed by atoms with E-state index in [1.807, 2.05) is 0 Å². The van der Waals surface area contributed by atoms with Gasteiger partial charge in [0.2, 0.25) is 0 Å². The second-order valence-electron chi connectivity index (χ2n) is 4.85. The lowest BCUT2D eigenvalue weighted by Crippen LogP contribution is -2.35. The molecule has 1 aromatic rings. The van der Waals surface area contributed by atoms with E-state index in [9.17, 15) is 14.0 Å². The van der Waals surface area contributed by atoms with Crippen LogP contribution in [-0.2, 0) is 14.3 Å². The number of carbonyl (C=O) groups is 2. The van der Waals surface area contributed by atoms with Gasteiger partial charge in [-0.1, -0.05) is 11.6 Å². The number of hydrogen-bond acceptors (Lipinski definition) is 4. The van der Waals surface area contributed by atoms with E-state index >= 15 is 0 Å². The average molecular weight is 314 g/mol. The predicted octanol–water partition coefficient (Wildman–Crippen LogP) is 2.16. The van der Waals surface area contributed by atoms with Gasteiger partial charge in [0.15, 0.2) is 6.29 Å². The zero-order chi connectivity index (χ0) is 15.0. The van der Waals surface area contributed by atoms with Gasteiger partial charge >= 0.3 is 0 Å². The average Bonchev–Trinajstić information content (AvgIpc) is 2.75. The largest absolute Gasteiger partial charge is 0.353 e. The molecule has 1 saturated heterocycles. The summed E-state index contributed by atoms with van der Waals surface area (Å²) in [6.45, 7) is 1.32. The molecule has 2 heterocycles. The Kier molecular flexibility index (Phi) is 3.93. The maximum absolute atomic E-state index is 14.0. The number of nitrogens with zero attached hydrogens (tertiary/aromatic N) is 1. The van der Waals surface area contributed by atoms with Gasteiger partial charge < -0.3 is 14.4 Å². The number of rotatable bonds is 3. The van der Waals surface area contributed by atoms with Crippen molar-refractivity contribution in [3.8, 4) is 0 Å². The van der Waals surface area contributed by atoms with Crippen molar-refractivity contribution in [3.05, 3.63) is 28.5 Å². The van der Waals surface area contributed by atoms with E-state index in [0.29, 0.717) is 19.6 Å². The van der Waals surface area contributed by atoms with Crippen LogP contribution in [0.1, 0.15) is 23.2 Å².